The summed E-state index contributed by atoms with van der Waals surface area (Å²) in [6.45, 7) is 0.582. The smallest absolute Gasteiger partial charge is 0.277 e. The van der Waals surface area contributed by atoms with Crippen molar-refractivity contribution in [2.24, 2.45) is 22.0 Å². The first-order valence-electron chi connectivity index (χ1n) is 9.19. The van der Waals surface area contributed by atoms with E-state index in [1.807, 2.05) is 6.07 Å². The van der Waals surface area contributed by atoms with Gasteiger partial charge in [0.15, 0.2) is 10.8 Å². The van der Waals surface area contributed by atoms with Gasteiger partial charge in [-0.05, 0) is 37.2 Å². The van der Waals surface area contributed by atoms with Crippen molar-refractivity contribution in [2.45, 2.75) is 36.7 Å². The van der Waals surface area contributed by atoms with Crippen LogP contribution in [0.1, 0.15) is 37.2 Å². The molecule has 0 bridgehead atoms. The lowest BCUT2D eigenvalue weighted by Crippen LogP contribution is -2.88. The number of nitrogens with one attached hydrogen (secondary N) is 1. The number of amidine groups is 1. The molecule has 5 nitrogen and oxygen atoms in total. The molecular weight excluding hydrogens is 344 g/mol. The van der Waals surface area contributed by atoms with Crippen LogP contribution in [0.15, 0.2) is 30.3 Å². The van der Waals surface area contributed by atoms with Gasteiger partial charge in [0.1, 0.15) is 0 Å². The summed E-state index contributed by atoms with van der Waals surface area (Å²) >= 11 is 1.60. The van der Waals surface area contributed by atoms with Crippen molar-refractivity contribution >= 4 is 17.6 Å². The number of benzene rings is 1. The molecule has 5 rings (SSSR count). The van der Waals surface area contributed by atoms with Gasteiger partial charge < -0.3 is 4.74 Å². The molecule has 1 aromatic carbocycles. The van der Waals surface area contributed by atoms with Crippen LogP contribution < -0.4 is 10.7 Å². The molecule has 6 heteroatoms. The van der Waals surface area contributed by atoms with Crippen LogP contribution in [0.25, 0.3) is 0 Å². The molecule has 0 unspecified atom stereocenters. The first kappa shape index (κ1) is 16.2. The molecule has 3 atom stereocenters. The van der Waals surface area contributed by atoms with Gasteiger partial charge in [-0.15, -0.1) is 0 Å². The van der Waals surface area contributed by atoms with Crippen molar-refractivity contribution in [1.29, 1.82) is 10.5 Å². The highest BCUT2D eigenvalue weighted by molar-refractivity contribution is 8.00. The summed E-state index contributed by atoms with van der Waals surface area (Å²) < 4.78 is 6.06. The highest BCUT2D eigenvalue weighted by Crippen LogP contribution is 2.88. The Kier molecular flexibility index (Phi) is 3.13. The summed E-state index contributed by atoms with van der Waals surface area (Å²) in [6.07, 6.45) is 3.62. The van der Waals surface area contributed by atoms with Crippen LogP contribution in [0.5, 0.6) is 0 Å². The lowest BCUT2D eigenvalue weighted by Gasteiger charge is -2.35. The van der Waals surface area contributed by atoms with Crippen LogP contribution in [0.3, 0.4) is 0 Å². The number of thioether (sulfide) groups is 1. The van der Waals surface area contributed by atoms with Crippen molar-refractivity contribution < 1.29 is 9.73 Å². The molecule has 26 heavy (non-hydrogen) atoms. The molecule has 2 heterocycles. The summed E-state index contributed by atoms with van der Waals surface area (Å²) in [5, 5.41) is 19.6. The Morgan fingerprint density at radius 3 is 2.46 bits per heavy atom. The first-order chi connectivity index (χ1) is 12.6. The third kappa shape index (κ3) is 1.44. The van der Waals surface area contributed by atoms with Gasteiger partial charge >= 0.3 is 0 Å². The van der Waals surface area contributed by atoms with Gasteiger partial charge in [0.2, 0.25) is 0 Å². The first-order valence-corrected chi connectivity index (χ1v) is 10.2. The molecule has 2 aliphatic carbocycles. The number of fused-ring (bicyclic) bond motifs is 4. The fourth-order valence-electron chi connectivity index (χ4n) is 6.21. The zero-order chi connectivity index (χ0) is 18.0. The molecule has 0 radical (unpaired) electrons. The molecule has 0 aromatic heterocycles. The number of rotatable bonds is 1. The standard InChI is InChI=1S/C20H20N4OS/c21-12-18-16(23)24-20(25-10-11-26-20)19(18,13-22)17(18)8-6-15(7-9-17)14-4-2-1-3-5-14/h1-5,15H,6-11H2,(H2,23,24)/p+1/t15?,17?,18-,19+,20+/m0/s1. The summed E-state index contributed by atoms with van der Waals surface area (Å²) in [5.41, 5.74) is 5.49. The van der Waals surface area contributed by atoms with Gasteiger partial charge in [-0.25, -0.2) is 4.99 Å². The lowest BCUT2D eigenvalue weighted by molar-refractivity contribution is -0.586. The maximum atomic E-state index is 10.3. The molecule has 3 fully saturated rings. The molecular formula is C20H21N4OS+. The van der Waals surface area contributed by atoms with Crippen LogP contribution in [-0.4, -0.2) is 23.3 Å². The fourth-order valence-corrected chi connectivity index (χ4v) is 7.63. The third-order valence-electron chi connectivity index (χ3n) is 7.27. The van der Waals surface area contributed by atoms with Gasteiger partial charge in [0.25, 0.3) is 10.9 Å². The molecule has 2 aliphatic heterocycles. The molecule has 0 amide bonds. The van der Waals surface area contributed by atoms with E-state index >= 15 is 0 Å². The molecule has 132 valence electrons. The molecule has 2 spiro atoms. The van der Waals surface area contributed by atoms with E-state index in [-0.39, 0.29) is 0 Å². The monoisotopic (exact) mass is 365 g/mol. The average Bonchev–Trinajstić information content (AvgIpc) is 2.95. The molecule has 4 aliphatic rings. The zero-order valence-corrected chi connectivity index (χ0v) is 15.3. The highest BCUT2D eigenvalue weighted by Gasteiger charge is 3.02. The largest absolute Gasteiger partial charge is 0.327 e. The predicted molar refractivity (Wildman–Crippen MR) is 97.5 cm³/mol. The van der Waals surface area contributed by atoms with Gasteiger partial charge in [-0.2, -0.15) is 10.5 Å². The Hall–Kier alpha value is -2.02. The Bertz CT molecular complexity index is 871. The Morgan fingerprint density at radius 1 is 1.15 bits per heavy atom. The highest BCUT2D eigenvalue weighted by atomic mass is 32.2. The SMILES string of the molecule is N#C[C@@]12C3(CCC(c4ccccc4)CC3)[C@]1(C#N)C(N)=[NH+][C@@]21OCCS1. The van der Waals surface area contributed by atoms with E-state index in [0.717, 1.165) is 31.4 Å². The van der Waals surface area contributed by atoms with Gasteiger partial charge in [0, 0.05) is 11.2 Å². The Balaban J connectivity index is 1.54. The fraction of sp³-hybridized carbons (Fsp3) is 0.550. The van der Waals surface area contributed by atoms with Gasteiger partial charge in [0.05, 0.1) is 18.7 Å². The summed E-state index contributed by atoms with van der Waals surface area (Å²) in [5.74, 6) is 1.74. The van der Waals surface area contributed by atoms with Crippen LogP contribution in [0.2, 0.25) is 0 Å². The van der Waals surface area contributed by atoms with Gasteiger partial charge in [-0.1, -0.05) is 42.1 Å². The molecule has 1 aromatic rings. The third-order valence-corrected chi connectivity index (χ3v) is 8.58. The second kappa shape index (κ2) is 5.03. The second-order valence-corrected chi connectivity index (χ2v) is 9.11. The van der Waals surface area contributed by atoms with E-state index in [9.17, 15) is 10.5 Å². The summed E-state index contributed by atoms with van der Waals surface area (Å²) in [6, 6.07) is 15.6. The molecule has 2 saturated carbocycles. The minimum atomic E-state index is -0.937. The van der Waals surface area contributed by atoms with E-state index in [1.165, 1.54) is 5.56 Å². The molecule has 3 N–H and O–H groups in total. The average molecular weight is 365 g/mol. The maximum Gasteiger partial charge on any atom is 0.277 e. The quantitative estimate of drug-likeness (QED) is 0.780. The number of nitriles is 2. The van der Waals surface area contributed by atoms with Crippen LogP contribution in [0, 0.1) is 38.9 Å². The van der Waals surface area contributed by atoms with Crippen molar-refractivity contribution in [3.05, 3.63) is 35.9 Å². The minimum Gasteiger partial charge on any atom is -0.327 e. The number of hydrogen-bond acceptors (Lipinski definition) is 5. The summed E-state index contributed by atoms with van der Waals surface area (Å²) in [7, 11) is 0. The Labute approximate surface area is 157 Å². The van der Waals surface area contributed by atoms with Gasteiger partial charge in [-0.3, -0.25) is 5.73 Å². The van der Waals surface area contributed by atoms with Crippen LogP contribution >= 0.6 is 11.8 Å². The normalized spacial score (nSPS) is 45.8. The minimum absolute atomic E-state index is 0.401. The number of hydrogen-bond donors (Lipinski definition) is 2. The van der Waals surface area contributed by atoms with E-state index in [0.29, 0.717) is 18.4 Å². The number of nitrogens with zero attached hydrogens (tertiary/aromatic N) is 2. The van der Waals surface area contributed by atoms with Crippen LogP contribution in [-0.2, 0) is 4.74 Å². The van der Waals surface area contributed by atoms with Crippen molar-refractivity contribution in [1.82, 2.24) is 0 Å². The second-order valence-electron chi connectivity index (χ2n) is 7.84. The van der Waals surface area contributed by atoms with Crippen LogP contribution in [0.4, 0.5) is 0 Å². The van der Waals surface area contributed by atoms with E-state index in [2.05, 4.69) is 41.4 Å². The summed E-state index contributed by atoms with van der Waals surface area (Å²) in [4.78, 5) is 3.22. The van der Waals surface area contributed by atoms with E-state index in [1.54, 1.807) is 11.8 Å². The zero-order valence-electron chi connectivity index (χ0n) is 14.5. The number of nitrogens with two attached hydrogens (primary N) is 1. The maximum absolute atomic E-state index is 10.3. The Morgan fingerprint density at radius 2 is 1.88 bits per heavy atom. The van der Waals surface area contributed by atoms with E-state index < -0.39 is 21.3 Å². The van der Waals surface area contributed by atoms with E-state index in [4.69, 9.17) is 10.5 Å². The predicted octanol–water partition coefficient (Wildman–Crippen LogP) is 1.23. The van der Waals surface area contributed by atoms with Crippen molar-refractivity contribution in [2.75, 3.05) is 12.4 Å². The lowest BCUT2D eigenvalue weighted by atomic mass is 9.71. The topological polar surface area (TPSA) is 96.8 Å². The molecule has 1 saturated heterocycles. The van der Waals surface area contributed by atoms with Crippen molar-refractivity contribution in [3.8, 4) is 12.1 Å². The number of ether oxygens (including phenoxy) is 1. The van der Waals surface area contributed by atoms with Crippen molar-refractivity contribution in [3.63, 3.8) is 0 Å².